The van der Waals surface area contributed by atoms with Gasteiger partial charge in [-0.3, -0.25) is 0 Å². The number of hydrogen-bond acceptors (Lipinski definition) is 2. The Morgan fingerprint density at radius 2 is 1.89 bits per heavy atom. The third-order valence-corrected chi connectivity index (χ3v) is 3.78. The summed E-state index contributed by atoms with van der Waals surface area (Å²) < 4.78 is 12.8. The lowest BCUT2D eigenvalue weighted by molar-refractivity contribution is 0.0502. The number of nitrogens with zero attached hydrogens (tertiary/aromatic N) is 1. The normalized spacial score (nSPS) is 24.4. The van der Waals surface area contributed by atoms with Crippen LogP contribution in [0.15, 0.2) is 24.3 Å². The summed E-state index contributed by atoms with van der Waals surface area (Å²) in [5, 5.41) is 9.94. The first kappa shape index (κ1) is 13.5. The molecule has 1 fully saturated rings. The monoisotopic (exact) mass is 251 g/mol. The van der Waals surface area contributed by atoms with E-state index in [0.717, 1.165) is 37.9 Å². The fraction of sp³-hybridized carbons (Fsp3) is 0.600. The molecule has 100 valence electrons. The van der Waals surface area contributed by atoms with E-state index in [-0.39, 0.29) is 11.9 Å². The predicted octanol–water partition coefficient (Wildman–Crippen LogP) is 2.81. The standard InChI is InChI=1S/C15H22FNO/c1-17(10-12-6-8-14(16)9-7-12)11-13-4-2-3-5-15(13)18/h6-9,13,15,18H,2-5,10-11H2,1H3. The molecule has 1 aliphatic carbocycles. The molecule has 2 unspecified atom stereocenters. The van der Waals surface area contributed by atoms with Gasteiger partial charge in [0.2, 0.25) is 0 Å². The average molecular weight is 251 g/mol. The van der Waals surface area contributed by atoms with E-state index < -0.39 is 0 Å². The van der Waals surface area contributed by atoms with Crippen LogP contribution >= 0.6 is 0 Å². The molecule has 0 amide bonds. The summed E-state index contributed by atoms with van der Waals surface area (Å²) in [4.78, 5) is 2.21. The van der Waals surface area contributed by atoms with Gasteiger partial charge in [-0.05, 0) is 43.5 Å². The SMILES string of the molecule is CN(Cc1ccc(F)cc1)CC1CCCCC1O. The molecule has 1 saturated carbocycles. The molecule has 2 nitrogen and oxygen atoms in total. The summed E-state index contributed by atoms with van der Waals surface area (Å²) in [5.74, 6) is 0.202. The van der Waals surface area contributed by atoms with Crippen LogP contribution in [-0.4, -0.2) is 29.7 Å². The van der Waals surface area contributed by atoms with Crippen LogP contribution in [0.3, 0.4) is 0 Å². The molecule has 0 saturated heterocycles. The molecule has 0 aliphatic heterocycles. The number of benzene rings is 1. The molecule has 1 aliphatic rings. The molecule has 0 radical (unpaired) electrons. The van der Waals surface area contributed by atoms with Gasteiger partial charge in [0, 0.05) is 13.1 Å². The van der Waals surface area contributed by atoms with Crippen molar-refractivity contribution >= 4 is 0 Å². The van der Waals surface area contributed by atoms with Crippen molar-refractivity contribution in [3.05, 3.63) is 35.6 Å². The molecule has 1 N–H and O–H groups in total. The minimum atomic E-state index is -0.191. The molecule has 18 heavy (non-hydrogen) atoms. The summed E-state index contributed by atoms with van der Waals surface area (Å²) in [7, 11) is 2.06. The Hall–Kier alpha value is -0.930. The third kappa shape index (κ3) is 3.79. The van der Waals surface area contributed by atoms with Gasteiger partial charge < -0.3 is 10.0 Å². The Balaban J connectivity index is 1.84. The first-order valence-electron chi connectivity index (χ1n) is 6.76. The van der Waals surface area contributed by atoms with E-state index >= 15 is 0 Å². The Labute approximate surface area is 108 Å². The lowest BCUT2D eigenvalue weighted by Gasteiger charge is -2.31. The van der Waals surface area contributed by atoms with Crippen molar-refractivity contribution < 1.29 is 9.50 Å². The van der Waals surface area contributed by atoms with E-state index in [1.54, 1.807) is 0 Å². The number of aliphatic hydroxyl groups excluding tert-OH is 1. The summed E-state index contributed by atoms with van der Waals surface area (Å²) in [6.45, 7) is 1.72. The highest BCUT2D eigenvalue weighted by molar-refractivity contribution is 5.15. The van der Waals surface area contributed by atoms with Gasteiger partial charge in [-0.1, -0.05) is 25.0 Å². The lowest BCUT2D eigenvalue weighted by Crippen LogP contribution is -2.34. The second kappa shape index (κ2) is 6.30. The summed E-state index contributed by atoms with van der Waals surface area (Å²) in [6.07, 6.45) is 4.30. The Kier molecular flexibility index (Phi) is 4.72. The van der Waals surface area contributed by atoms with E-state index in [2.05, 4.69) is 11.9 Å². The van der Waals surface area contributed by atoms with Crippen LogP contribution < -0.4 is 0 Å². The number of hydrogen-bond donors (Lipinski definition) is 1. The zero-order valence-corrected chi connectivity index (χ0v) is 11.0. The third-order valence-electron chi connectivity index (χ3n) is 3.78. The fourth-order valence-electron chi connectivity index (χ4n) is 2.77. The van der Waals surface area contributed by atoms with Crippen LogP contribution in [0.5, 0.6) is 0 Å². The van der Waals surface area contributed by atoms with E-state index in [9.17, 15) is 9.50 Å². The fourth-order valence-corrected chi connectivity index (χ4v) is 2.77. The molecule has 0 spiro atoms. The van der Waals surface area contributed by atoms with Crippen molar-refractivity contribution in [1.29, 1.82) is 0 Å². The highest BCUT2D eigenvalue weighted by Gasteiger charge is 2.23. The topological polar surface area (TPSA) is 23.5 Å². The highest BCUT2D eigenvalue weighted by Crippen LogP contribution is 2.25. The number of rotatable bonds is 4. The largest absolute Gasteiger partial charge is 0.393 e. The Bertz CT molecular complexity index is 365. The zero-order chi connectivity index (χ0) is 13.0. The zero-order valence-electron chi connectivity index (χ0n) is 11.0. The van der Waals surface area contributed by atoms with Gasteiger partial charge in [-0.25, -0.2) is 4.39 Å². The first-order valence-corrected chi connectivity index (χ1v) is 6.76. The Morgan fingerprint density at radius 3 is 2.56 bits per heavy atom. The maximum absolute atomic E-state index is 12.8. The van der Waals surface area contributed by atoms with Crippen LogP contribution in [0.1, 0.15) is 31.2 Å². The number of aliphatic hydroxyl groups is 1. The molecule has 3 heteroatoms. The van der Waals surface area contributed by atoms with Crippen molar-refractivity contribution in [3.8, 4) is 0 Å². The second-order valence-corrected chi connectivity index (χ2v) is 5.44. The smallest absolute Gasteiger partial charge is 0.123 e. The highest BCUT2D eigenvalue weighted by atomic mass is 19.1. The molecule has 0 heterocycles. The van der Waals surface area contributed by atoms with Crippen LogP contribution in [0, 0.1) is 11.7 Å². The average Bonchev–Trinajstić information content (AvgIpc) is 2.35. The molecule has 0 aromatic heterocycles. The molecule has 0 bridgehead atoms. The molecule has 2 rings (SSSR count). The summed E-state index contributed by atoms with van der Waals surface area (Å²) in [5.41, 5.74) is 1.11. The van der Waals surface area contributed by atoms with Crippen LogP contribution in [-0.2, 0) is 6.54 Å². The molecule has 2 atom stereocenters. The van der Waals surface area contributed by atoms with Crippen LogP contribution in [0.4, 0.5) is 4.39 Å². The molecular formula is C15H22FNO. The van der Waals surface area contributed by atoms with E-state index in [0.29, 0.717) is 5.92 Å². The minimum absolute atomic E-state index is 0.144. The van der Waals surface area contributed by atoms with Crippen LogP contribution in [0.25, 0.3) is 0 Å². The van der Waals surface area contributed by atoms with E-state index in [1.165, 1.54) is 18.6 Å². The second-order valence-electron chi connectivity index (χ2n) is 5.44. The Morgan fingerprint density at radius 1 is 1.22 bits per heavy atom. The maximum Gasteiger partial charge on any atom is 0.123 e. The van der Waals surface area contributed by atoms with E-state index in [1.807, 2.05) is 12.1 Å². The van der Waals surface area contributed by atoms with Gasteiger partial charge in [0.05, 0.1) is 6.10 Å². The minimum Gasteiger partial charge on any atom is -0.393 e. The summed E-state index contributed by atoms with van der Waals surface area (Å²) in [6, 6.07) is 6.64. The first-order chi connectivity index (χ1) is 8.65. The van der Waals surface area contributed by atoms with Crippen molar-refractivity contribution in [2.45, 2.75) is 38.3 Å². The predicted molar refractivity (Wildman–Crippen MR) is 70.7 cm³/mol. The van der Waals surface area contributed by atoms with Gasteiger partial charge in [-0.15, -0.1) is 0 Å². The van der Waals surface area contributed by atoms with Crippen molar-refractivity contribution in [2.24, 2.45) is 5.92 Å². The van der Waals surface area contributed by atoms with Crippen molar-refractivity contribution in [1.82, 2.24) is 4.90 Å². The maximum atomic E-state index is 12.8. The summed E-state index contributed by atoms with van der Waals surface area (Å²) >= 11 is 0. The van der Waals surface area contributed by atoms with Gasteiger partial charge in [0.1, 0.15) is 5.82 Å². The number of halogens is 1. The van der Waals surface area contributed by atoms with Gasteiger partial charge in [0.15, 0.2) is 0 Å². The van der Waals surface area contributed by atoms with Crippen molar-refractivity contribution in [3.63, 3.8) is 0 Å². The molecule has 1 aromatic carbocycles. The van der Waals surface area contributed by atoms with Gasteiger partial charge in [-0.2, -0.15) is 0 Å². The molecule has 1 aromatic rings. The lowest BCUT2D eigenvalue weighted by atomic mass is 9.86. The van der Waals surface area contributed by atoms with Crippen molar-refractivity contribution in [2.75, 3.05) is 13.6 Å². The van der Waals surface area contributed by atoms with Gasteiger partial charge >= 0.3 is 0 Å². The molecular weight excluding hydrogens is 229 g/mol. The van der Waals surface area contributed by atoms with E-state index in [4.69, 9.17) is 0 Å². The van der Waals surface area contributed by atoms with Crippen LogP contribution in [0.2, 0.25) is 0 Å². The van der Waals surface area contributed by atoms with Gasteiger partial charge in [0.25, 0.3) is 0 Å². The quantitative estimate of drug-likeness (QED) is 0.889.